The Bertz CT molecular complexity index is 304. The second-order valence-corrected chi connectivity index (χ2v) is 6.00. The van der Waals surface area contributed by atoms with E-state index in [1.807, 2.05) is 18.7 Å². The third-order valence-electron chi connectivity index (χ3n) is 3.11. The average molecular weight is 274 g/mol. The van der Waals surface area contributed by atoms with Gasteiger partial charge >= 0.3 is 12.0 Å². The van der Waals surface area contributed by atoms with Crippen LogP contribution in [0, 0.1) is 0 Å². The van der Waals surface area contributed by atoms with Gasteiger partial charge in [-0.2, -0.15) is 11.8 Å². The summed E-state index contributed by atoms with van der Waals surface area (Å²) < 4.78 is 0. The van der Waals surface area contributed by atoms with Crippen LogP contribution in [0.15, 0.2) is 0 Å². The van der Waals surface area contributed by atoms with Crippen molar-refractivity contribution >= 4 is 23.8 Å². The molecule has 6 heteroatoms. The number of urea groups is 1. The zero-order valence-corrected chi connectivity index (χ0v) is 11.9. The largest absolute Gasteiger partial charge is 0.480 e. The fourth-order valence-electron chi connectivity index (χ4n) is 1.99. The molecular weight excluding hydrogens is 252 g/mol. The Kier molecular flexibility index (Phi) is 5.78. The van der Waals surface area contributed by atoms with E-state index >= 15 is 0 Å². The number of carboxylic acids is 1. The lowest BCUT2D eigenvalue weighted by Crippen LogP contribution is -2.56. The van der Waals surface area contributed by atoms with E-state index in [2.05, 4.69) is 5.32 Å². The Morgan fingerprint density at radius 2 is 2.11 bits per heavy atom. The number of aliphatic carboxylic acids is 1. The molecule has 1 aliphatic rings. The van der Waals surface area contributed by atoms with Gasteiger partial charge in [-0.05, 0) is 25.5 Å². The van der Waals surface area contributed by atoms with E-state index in [4.69, 9.17) is 0 Å². The zero-order valence-electron chi connectivity index (χ0n) is 11.1. The van der Waals surface area contributed by atoms with Gasteiger partial charge in [0.05, 0.1) is 0 Å². The summed E-state index contributed by atoms with van der Waals surface area (Å²) in [7, 11) is 0. The van der Waals surface area contributed by atoms with Gasteiger partial charge in [-0.25, -0.2) is 9.59 Å². The van der Waals surface area contributed by atoms with E-state index in [0.29, 0.717) is 19.5 Å². The zero-order chi connectivity index (χ0) is 13.6. The average Bonchev–Trinajstić information content (AvgIpc) is 2.57. The maximum Gasteiger partial charge on any atom is 0.329 e. The van der Waals surface area contributed by atoms with Crippen LogP contribution in [0.5, 0.6) is 0 Å². The minimum Gasteiger partial charge on any atom is -0.480 e. The number of carbonyl (C=O) groups is 2. The van der Waals surface area contributed by atoms with Crippen LogP contribution in [0.1, 0.15) is 33.1 Å². The summed E-state index contributed by atoms with van der Waals surface area (Å²) in [6.45, 7) is 4.89. The number of carbonyl (C=O) groups excluding carboxylic acids is 1. The fourth-order valence-corrected chi connectivity index (χ4v) is 2.87. The van der Waals surface area contributed by atoms with E-state index in [1.165, 1.54) is 0 Å². The lowest BCUT2D eigenvalue weighted by atomic mass is 9.96. The first-order valence-electron chi connectivity index (χ1n) is 6.38. The first-order chi connectivity index (χ1) is 8.49. The van der Waals surface area contributed by atoms with Gasteiger partial charge in [0.15, 0.2) is 0 Å². The maximum atomic E-state index is 12.1. The van der Waals surface area contributed by atoms with Gasteiger partial charge in [0.2, 0.25) is 0 Å². The number of rotatable bonds is 4. The topological polar surface area (TPSA) is 69.6 Å². The first kappa shape index (κ1) is 15.1. The van der Waals surface area contributed by atoms with Gasteiger partial charge in [0.1, 0.15) is 5.54 Å². The lowest BCUT2D eigenvalue weighted by Gasteiger charge is -2.30. The van der Waals surface area contributed by atoms with Gasteiger partial charge in [0.25, 0.3) is 0 Å². The normalized spacial score (nSPS) is 19.8. The van der Waals surface area contributed by atoms with Crippen molar-refractivity contribution in [2.45, 2.75) is 38.6 Å². The predicted molar refractivity (Wildman–Crippen MR) is 73.0 cm³/mol. The number of amides is 2. The summed E-state index contributed by atoms with van der Waals surface area (Å²) in [6, 6.07) is -0.254. The van der Waals surface area contributed by atoms with E-state index < -0.39 is 11.5 Å². The quantitative estimate of drug-likeness (QED) is 0.820. The Hall–Kier alpha value is -0.910. The second-order valence-electron chi connectivity index (χ2n) is 4.77. The third kappa shape index (κ3) is 4.08. The monoisotopic (exact) mass is 274 g/mol. The molecule has 5 nitrogen and oxygen atoms in total. The van der Waals surface area contributed by atoms with Crippen molar-refractivity contribution in [1.29, 1.82) is 0 Å². The highest BCUT2D eigenvalue weighted by molar-refractivity contribution is 7.99. The summed E-state index contributed by atoms with van der Waals surface area (Å²) >= 11 is 1.83. The molecule has 0 aromatic carbocycles. The van der Waals surface area contributed by atoms with Crippen molar-refractivity contribution in [2.75, 3.05) is 24.6 Å². The maximum absolute atomic E-state index is 12.1. The molecule has 2 amide bonds. The van der Waals surface area contributed by atoms with Crippen molar-refractivity contribution in [3.05, 3.63) is 0 Å². The van der Waals surface area contributed by atoms with Crippen molar-refractivity contribution in [3.63, 3.8) is 0 Å². The molecule has 1 fully saturated rings. The molecule has 0 radical (unpaired) electrons. The SMILES string of the molecule is CCCC(C)(NC(=O)N1CCCSCC1)C(=O)O. The number of carboxylic acid groups (broad SMARTS) is 1. The molecular formula is C12H22N2O3S. The van der Waals surface area contributed by atoms with Crippen LogP contribution in [0.2, 0.25) is 0 Å². The number of nitrogens with one attached hydrogen (secondary N) is 1. The second kappa shape index (κ2) is 6.87. The Labute approximate surface area is 112 Å². The molecule has 104 valence electrons. The van der Waals surface area contributed by atoms with Crippen LogP contribution < -0.4 is 5.32 Å². The van der Waals surface area contributed by atoms with Crippen molar-refractivity contribution < 1.29 is 14.7 Å². The van der Waals surface area contributed by atoms with Crippen molar-refractivity contribution in [1.82, 2.24) is 10.2 Å². The number of nitrogens with zero attached hydrogens (tertiary/aromatic N) is 1. The minimum atomic E-state index is -1.16. The van der Waals surface area contributed by atoms with Crippen LogP contribution in [-0.2, 0) is 4.79 Å². The predicted octanol–water partition coefficient (Wildman–Crippen LogP) is 1.78. The van der Waals surface area contributed by atoms with Crippen LogP contribution in [-0.4, -0.2) is 52.1 Å². The Morgan fingerprint density at radius 3 is 2.72 bits per heavy atom. The van der Waals surface area contributed by atoms with Crippen LogP contribution in [0.4, 0.5) is 4.79 Å². The molecule has 0 saturated carbocycles. The van der Waals surface area contributed by atoms with Crippen LogP contribution >= 0.6 is 11.8 Å². The van der Waals surface area contributed by atoms with Crippen LogP contribution in [0.3, 0.4) is 0 Å². The molecule has 0 bridgehead atoms. The molecule has 1 atom stereocenters. The summed E-state index contributed by atoms with van der Waals surface area (Å²) in [4.78, 5) is 25.1. The van der Waals surface area contributed by atoms with Gasteiger partial charge in [0, 0.05) is 18.8 Å². The third-order valence-corrected chi connectivity index (χ3v) is 4.16. The van der Waals surface area contributed by atoms with Crippen molar-refractivity contribution in [3.8, 4) is 0 Å². The highest BCUT2D eigenvalue weighted by Crippen LogP contribution is 2.15. The van der Waals surface area contributed by atoms with Gasteiger partial charge in [-0.3, -0.25) is 0 Å². The molecule has 1 rings (SSSR count). The van der Waals surface area contributed by atoms with E-state index in [0.717, 1.165) is 24.3 Å². The minimum absolute atomic E-state index is 0.254. The number of hydrogen-bond donors (Lipinski definition) is 2. The number of thioether (sulfide) groups is 1. The lowest BCUT2D eigenvalue weighted by molar-refractivity contribution is -0.144. The van der Waals surface area contributed by atoms with E-state index in [9.17, 15) is 14.7 Å². The van der Waals surface area contributed by atoms with E-state index in [-0.39, 0.29) is 6.03 Å². The molecule has 2 N–H and O–H groups in total. The molecule has 0 aromatic rings. The summed E-state index contributed by atoms with van der Waals surface area (Å²) in [6.07, 6.45) is 2.13. The molecule has 1 saturated heterocycles. The smallest absolute Gasteiger partial charge is 0.329 e. The Balaban J connectivity index is 2.62. The molecule has 0 aliphatic carbocycles. The molecule has 0 aromatic heterocycles. The highest BCUT2D eigenvalue weighted by atomic mass is 32.2. The molecule has 1 aliphatic heterocycles. The Morgan fingerprint density at radius 1 is 1.39 bits per heavy atom. The molecule has 1 heterocycles. The standard InChI is InChI=1S/C12H22N2O3S/c1-3-5-12(2,10(15)16)13-11(17)14-6-4-8-18-9-7-14/h3-9H2,1-2H3,(H,13,17)(H,15,16). The summed E-state index contributed by atoms with van der Waals surface area (Å²) in [5, 5.41) is 11.9. The summed E-state index contributed by atoms with van der Waals surface area (Å²) in [5.74, 6) is 1.02. The highest BCUT2D eigenvalue weighted by Gasteiger charge is 2.35. The van der Waals surface area contributed by atoms with E-state index in [1.54, 1.807) is 11.8 Å². The van der Waals surface area contributed by atoms with Crippen LogP contribution in [0.25, 0.3) is 0 Å². The summed E-state index contributed by atoms with van der Waals surface area (Å²) in [5.41, 5.74) is -1.16. The van der Waals surface area contributed by atoms with Crippen molar-refractivity contribution in [2.24, 2.45) is 0 Å². The fraction of sp³-hybridized carbons (Fsp3) is 0.833. The van der Waals surface area contributed by atoms with Gasteiger partial charge in [-0.1, -0.05) is 13.3 Å². The van der Waals surface area contributed by atoms with Gasteiger partial charge < -0.3 is 15.3 Å². The molecule has 1 unspecified atom stereocenters. The first-order valence-corrected chi connectivity index (χ1v) is 7.53. The number of hydrogen-bond acceptors (Lipinski definition) is 3. The molecule has 18 heavy (non-hydrogen) atoms. The van der Waals surface area contributed by atoms with Gasteiger partial charge in [-0.15, -0.1) is 0 Å². The molecule has 0 spiro atoms.